The average molecular weight is 412 g/mol. The van der Waals surface area contributed by atoms with E-state index in [4.69, 9.17) is 0 Å². The largest absolute Gasteiger partial charge is 0.366 e. The number of benzene rings is 3. The number of likely N-dealkylation sites (N-methyl/N-ethyl adjacent to an activating group) is 1. The number of anilines is 1. The molecule has 1 saturated carbocycles. The molecule has 2 heterocycles. The highest BCUT2D eigenvalue weighted by Crippen LogP contribution is 2.48. The molecule has 2 bridgehead atoms. The van der Waals surface area contributed by atoms with Gasteiger partial charge in [0.15, 0.2) is 0 Å². The van der Waals surface area contributed by atoms with E-state index in [0.717, 1.165) is 37.1 Å². The highest BCUT2D eigenvalue weighted by molar-refractivity contribution is 5.98. The fourth-order valence-electron chi connectivity index (χ4n) is 5.73. The molecule has 1 N–H and O–H groups in total. The van der Waals surface area contributed by atoms with E-state index in [1.165, 1.54) is 28.4 Å². The van der Waals surface area contributed by atoms with Crippen molar-refractivity contribution in [3.05, 3.63) is 77.4 Å². The van der Waals surface area contributed by atoms with Crippen LogP contribution < -0.4 is 10.2 Å². The quantitative estimate of drug-likeness (QED) is 0.689. The normalized spacial score (nSPS) is 24.0. The van der Waals surface area contributed by atoms with Crippen LogP contribution in [0, 0.1) is 6.92 Å². The molecule has 2 saturated heterocycles. The monoisotopic (exact) mass is 411 g/mol. The Morgan fingerprint density at radius 2 is 1.81 bits per heavy atom. The van der Waals surface area contributed by atoms with Gasteiger partial charge in [0.2, 0.25) is 0 Å². The maximum absolute atomic E-state index is 13.5. The highest BCUT2D eigenvalue weighted by Gasteiger charge is 2.47. The van der Waals surface area contributed by atoms with Crippen molar-refractivity contribution >= 4 is 22.4 Å². The minimum atomic E-state index is -0.240. The standard InChI is InChI=1S/C27H29N3O/c1-18-10-11-20(30-17-21-14-22(30)16-29(21)2)15-24(18)26(31)28-27(12-13-27)25-9-5-7-19-6-3-4-8-23(19)25/h3-11,15,21-22H,12-14,16-17H2,1-2H3,(H,28,31). The van der Waals surface area contributed by atoms with Gasteiger partial charge in [-0.1, -0.05) is 48.5 Å². The van der Waals surface area contributed by atoms with Crippen LogP contribution in [-0.4, -0.2) is 43.0 Å². The average Bonchev–Trinajstić information content (AvgIpc) is 3.30. The zero-order chi connectivity index (χ0) is 21.2. The van der Waals surface area contributed by atoms with Crippen molar-refractivity contribution in [3.63, 3.8) is 0 Å². The Morgan fingerprint density at radius 3 is 2.55 bits per heavy atom. The summed E-state index contributed by atoms with van der Waals surface area (Å²) >= 11 is 0. The molecule has 2 atom stereocenters. The molecule has 31 heavy (non-hydrogen) atoms. The second kappa shape index (κ2) is 6.83. The van der Waals surface area contributed by atoms with Crippen molar-refractivity contribution in [1.29, 1.82) is 0 Å². The molecule has 3 aromatic rings. The van der Waals surface area contributed by atoms with Gasteiger partial charge < -0.3 is 10.2 Å². The Morgan fingerprint density at radius 1 is 1.00 bits per heavy atom. The Balaban J connectivity index is 1.29. The first-order valence-corrected chi connectivity index (χ1v) is 11.4. The van der Waals surface area contributed by atoms with Gasteiger partial charge in [0.05, 0.1) is 5.54 Å². The predicted octanol–water partition coefficient (Wildman–Crippen LogP) is 4.46. The zero-order valence-corrected chi connectivity index (χ0v) is 18.3. The van der Waals surface area contributed by atoms with Gasteiger partial charge in [-0.25, -0.2) is 0 Å². The number of hydrogen-bond donors (Lipinski definition) is 1. The van der Waals surface area contributed by atoms with E-state index in [0.29, 0.717) is 12.1 Å². The van der Waals surface area contributed by atoms with Crippen LogP contribution >= 0.6 is 0 Å². The molecule has 2 unspecified atom stereocenters. The maximum atomic E-state index is 13.5. The molecule has 158 valence electrons. The lowest BCUT2D eigenvalue weighted by atomic mass is 9.96. The molecule has 3 aliphatic rings. The number of likely N-dealkylation sites (tertiary alicyclic amines) is 1. The van der Waals surface area contributed by atoms with Gasteiger partial charge in [-0.2, -0.15) is 0 Å². The lowest BCUT2D eigenvalue weighted by Crippen LogP contribution is -2.44. The van der Waals surface area contributed by atoms with Crippen LogP contribution in [0.1, 0.15) is 40.7 Å². The minimum Gasteiger partial charge on any atom is -0.366 e. The molecule has 3 fully saturated rings. The number of nitrogens with zero attached hydrogens (tertiary/aromatic N) is 2. The summed E-state index contributed by atoms with van der Waals surface area (Å²) in [5.74, 6) is 0.0475. The topological polar surface area (TPSA) is 35.6 Å². The van der Waals surface area contributed by atoms with Crippen LogP contribution in [0.25, 0.3) is 10.8 Å². The third-order valence-electron chi connectivity index (χ3n) is 7.72. The number of amides is 1. The fraction of sp³-hybridized carbons (Fsp3) is 0.370. The van der Waals surface area contributed by atoms with Gasteiger partial charge in [-0.15, -0.1) is 0 Å². The van der Waals surface area contributed by atoms with Crippen molar-refractivity contribution in [2.75, 3.05) is 25.0 Å². The Labute approximate surface area is 183 Å². The molecule has 1 amide bonds. The van der Waals surface area contributed by atoms with E-state index in [1.54, 1.807) is 0 Å². The Hall–Kier alpha value is -2.85. The SMILES string of the molecule is Cc1ccc(N2CC3CC2CN3C)cc1C(=O)NC1(c2cccc3ccccc23)CC1. The summed E-state index contributed by atoms with van der Waals surface area (Å²) in [7, 11) is 2.22. The first-order chi connectivity index (χ1) is 15.0. The van der Waals surface area contributed by atoms with E-state index in [9.17, 15) is 4.79 Å². The minimum absolute atomic E-state index is 0.0475. The van der Waals surface area contributed by atoms with E-state index >= 15 is 0 Å². The van der Waals surface area contributed by atoms with Crippen molar-refractivity contribution in [2.45, 2.75) is 43.8 Å². The Kier molecular flexibility index (Phi) is 4.16. The number of piperazine rings is 1. The Bertz CT molecular complexity index is 1170. The lowest BCUT2D eigenvalue weighted by molar-refractivity contribution is 0.0930. The number of fused-ring (bicyclic) bond motifs is 3. The van der Waals surface area contributed by atoms with Crippen molar-refractivity contribution < 1.29 is 4.79 Å². The van der Waals surface area contributed by atoms with Crippen LogP contribution in [-0.2, 0) is 5.54 Å². The summed E-state index contributed by atoms with van der Waals surface area (Å²) in [6.45, 7) is 4.22. The first-order valence-electron chi connectivity index (χ1n) is 11.4. The fourth-order valence-corrected chi connectivity index (χ4v) is 5.73. The first kappa shape index (κ1) is 18.9. The molecule has 0 spiro atoms. The molecule has 4 heteroatoms. The summed E-state index contributed by atoms with van der Waals surface area (Å²) in [5.41, 5.74) is 4.03. The van der Waals surface area contributed by atoms with E-state index in [1.807, 2.05) is 6.92 Å². The van der Waals surface area contributed by atoms with E-state index in [2.05, 4.69) is 82.8 Å². The second-order valence-electron chi connectivity index (χ2n) is 9.70. The van der Waals surface area contributed by atoms with Gasteiger partial charge in [-0.3, -0.25) is 9.69 Å². The lowest BCUT2D eigenvalue weighted by Gasteiger charge is -2.34. The summed E-state index contributed by atoms with van der Waals surface area (Å²) in [4.78, 5) is 18.4. The highest BCUT2D eigenvalue weighted by atomic mass is 16.1. The number of aryl methyl sites for hydroxylation is 1. The number of carbonyl (C=O) groups is 1. The van der Waals surface area contributed by atoms with Crippen LogP contribution in [0.4, 0.5) is 5.69 Å². The van der Waals surface area contributed by atoms with E-state index in [-0.39, 0.29) is 11.4 Å². The molecule has 4 nitrogen and oxygen atoms in total. The van der Waals surface area contributed by atoms with Crippen LogP contribution in [0.5, 0.6) is 0 Å². The van der Waals surface area contributed by atoms with Gasteiger partial charge in [-0.05, 0) is 67.3 Å². The van der Waals surface area contributed by atoms with Crippen LogP contribution in [0.2, 0.25) is 0 Å². The van der Waals surface area contributed by atoms with Gasteiger partial charge in [0, 0.05) is 36.4 Å². The summed E-state index contributed by atoms with van der Waals surface area (Å²) in [6.07, 6.45) is 3.22. The summed E-state index contributed by atoms with van der Waals surface area (Å²) < 4.78 is 0. The molecule has 3 aromatic carbocycles. The number of carbonyl (C=O) groups excluding carboxylic acids is 1. The van der Waals surface area contributed by atoms with Crippen molar-refractivity contribution in [3.8, 4) is 0 Å². The number of hydrogen-bond acceptors (Lipinski definition) is 3. The predicted molar refractivity (Wildman–Crippen MR) is 126 cm³/mol. The molecule has 6 rings (SSSR count). The second-order valence-corrected chi connectivity index (χ2v) is 9.70. The molecular weight excluding hydrogens is 382 g/mol. The van der Waals surface area contributed by atoms with Crippen LogP contribution in [0.3, 0.4) is 0 Å². The van der Waals surface area contributed by atoms with Crippen LogP contribution in [0.15, 0.2) is 60.7 Å². The summed E-state index contributed by atoms with van der Waals surface area (Å²) in [5, 5.41) is 5.90. The van der Waals surface area contributed by atoms with Gasteiger partial charge in [0.25, 0.3) is 5.91 Å². The smallest absolute Gasteiger partial charge is 0.252 e. The van der Waals surface area contributed by atoms with E-state index < -0.39 is 0 Å². The molecule has 0 aromatic heterocycles. The van der Waals surface area contributed by atoms with Gasteiger partial charge >= 0.3 is 0 Å². The maximum Gasteiger partial charge on any atom is 0.252 e. The van der Waals surface area contributed by atoms with Gasteiger partial charge in [0.1, 0.15) is 0 Å². The number of rotatable bonds is 4. The van der Waals surface area contributed by atoms with Crippen molar-refractivity contribution in [2.24, 2.45) is 0 Å². The summed E-state index contributed by atoms with van der Waals surface area (Å²) in [6, 6.07) is 22.5. The zero-order valence-electron chi connectivity index (χ0n) is 18.3. The third kappa shape index (κ3) is 3.04. The molecule has 0 radical (unpaired) electrons. The van der Waals surface area contributed by atoms with Crippen molar-refractivity contribution in [1.82, 2.24) is 10.2 Å². The molecule has 2 aliphatic heterocycles. The molecule has 1 aliphatic carbocycles. The molecular formula is C27H29N3O. The number of nitrogens with one attached hydrogen (secondary N) is 1. The third-order valence-corrected chi connectivity index (χ3v) is 7.72.